The number of benzene rings is 2. The number of halogens is 3. The molecule has 0 aromatic heterocycles. The van der Waals surface area contributed by atoms with Gasteiger partial charge in [-0.1, -0.05) is 23.9 Å². The quantitative estimate of drug-likeness (QED) is 0.620. The number of ether oxygens (including phenoxy) is 1. The summed E-state index contributed by atoms with van der Waals surface area (Å²) in [5.41, 5.74) is 0.496. The van der Waals surface area contributed by atoms with E-state index in [1.54, 1.807) is 30.3 Å². The van der Waals surface area contributed by atoms with Crippen LogP contribution in [0.25, 0.3) is 0 Å². The number of hydrogen-bond acceptors (Lipinski definition) is 5. The van der Waals surface area contributed by atoms with Crippen LogP contribution in [0, 0.1) is 0 Å². The molecule has 27 heavy (non-hydrogen) atoms. The molecule has 1 aliphatic rings. The molecule has 1 heterocycles. The number of nitrogens with zero attached hydrogens (tertiary/aromatic N) is 2. The maximum absolute atomic E-state index is 12.7. The molecule has 0 bridgehead atoms. The maximum Gasteiger partial charge on any atom is 0.416 e. The molecule has 1 saturated heterocycles. The third-order valence-electron chi connectivity index (χ3n) is 3.48. The van der Waals surface area contributed by atoms with Crippen molar-refractivity contribution in [3.05, 3.63) is 65.2 Å². The van der Waals surface area contributed by atoms with Crippen molar-refractivity contribution in [1.82, 2.24) is 5.32 Å². The summed E-state index contributed by atoms with van der Waals surface area (Å²) < 4.78 is 43.7. The Bertz CT molecular complexity index is 880. The number of nitrogens with one attached hydrogen (secondary N) is 1. The summed E-state index contributed by atoms with van der Waals surface area (Å²) in [5.74, 6) is 0.762. The summed E-state index contributed by atoms with van der Waals surface area (Å²) in [7, 11) is 0. The van der Waals surface area contributed by atoms with E-state index in [-0.39, 0.29) is 12.5 Å². The Labute approximate surface area is 157 Å². The molecule has 140 valence electrons. The average molecular weight is 393 g/mol. The molecule has 2 aromatic rings. The van der Waals surface area contributed by atoms with E-state index in [4.69, 9.17) is 4.74 Å². The summed E-state index contributed by atoms with van der Waals surface area (Å²) in [6.07, 6.45) is -2.85. The van der Waals surface area contributed by atoms with Crippen molar-refractivity contribution >= 4 is 29.1 Å². The van der Waals surface area contributed by atoms with Crippen LogP contribution in [-0.2, 0) is 17.6 Å². The second kappa shape index (κ2) is 8.26. The lowest BCUT2D eigenvalue weighted by Crippen LogP contribution is -2.19. The summed E-state index contributed by atoms with van der Waals surface area (Å²) in [4.78, 5) is 11.0. The van der Waals surface area contributed by atoms with E-state index in [2.05, 4.69) is 15.5 Å². The van der Waals surface area contributed by atoms with E-state index < -0.39 is 11.7 Å². The highest BCUT2D eigenvalue weighted by Crippen LogP contribution is 2.29. The van der Waals surface area contributed by atoms with Gasteiger partial charge in [-0.25, -0.2) is 0 Å². The van der Waals surface area contributed by atoms with Gasteiger partial charge in [-0.05, 0) is 47.5 Å². The van der Waals surface area contributed by atoms with Gasteiger partial charge in [-0.3, -0.25) is 4.79 Å². The highest BCUT2D eigenvalue weighted by molar-refractivity contribution is 8.15. The molecular formula is C18H14F3N3O2S. The van der Waals surface area contributed by atoms with E-state index in [0.717, 1.165) is 17.7 Å². The third kappa shape index (κ3) is 5.58. The first kappa shape index (κ1) is 19.0. The molecule has 5 nitrogen and oxygen atoms in total. The van der Waals surface area contributed by atoms with E-state index in [0.29, 0.717) is 22.2 Å². The molecular weight excluding hydrogens is 379 g/mol. The van der Waals surface area contributed by atoms with Crippen LogP contribution < -0.4 is 10.1 Å². The highest BCUT2D eigenvalue weighted by atomic mass is 32.2. The molecule has 1 aliphatic heterocycles. The van der Waals surface area contributed by atoms with Crippen LogP contribution in [0.3, 0.4) is 0 Å². The predicted octanol–water partition coefficient (Wildman–Crippen LogP) is 3.84. The van der Waals surface area contributed by atoms with Crippen molar-refractivity contribution in [2.24, 2.45) is 10.2 Å². The van der Waals surface area contributed by atoms with Gasteiger partial charge in [0.15, 0.2) is 5.17 Å². The van der Waals surface area contributed by atoms with Crippen molar-refractivity contribution in [1.29, 1.82) is 0 Å². The highest BCUT2D eigenvalue weighted by Gasteiger charge is 2.30. The number of carbonyl (C=O) groups is 1. The molecule has 0 radical (unpaired) electrons. The summed E-state index contributed by atoms with van der Waals surface area (Å²) in [6, 6.07) is 11.9. The number of alkyl halides is 3. The normalized spacial score (nSPS) is 16.1. The van der Waals surface area contributed by atoms with Gasteiger partial charge in [0.1, 0.15) is 12.4 Å². The molecule has 9 heteroatoms. The summed E-state index contributed by atoms with van der Waals surface area (Å²) in [6.45, 7) is 0.0297. The van der Waals surface area contributed by atoms with Gasteiger partial charge >= 0.3 is 6.18 Å². The van der Waals surface area contributed by atoms with E-state index in [9.17, 15) is 18.0 Å². The first-order valence-corrected chi connectivity index (χ1v) is 8.81. The fourth-order valence-corrected chi connectivity index (χ4v) is 2.81. The van der Waals surface area contributed by atoms with Gasteiger partial charge in [0.25, 0.3) is 0 Å². The summed E-state index contributed by atoms with van der Waals surface area (Å²) >= 11 is 1.28. The number of carbonyl (C=O) groups excluding carboxylic acids is 1. The van der Waals surface area contributed by atoms with Crippen LogP contribution in [0.2, 0.25) is 0 Å². The lowest BCUT2D eigenvalue weighted by Gasteiger charge is -2.10. The first-order valence-electron chi connectivity index (χ1n) is 7.83. The van der Waals surface area contributed by atoms with Crippen LogP contribution in [0.4, 0.5) is 13.2 Å². The number of thioether (sulfide) groups is 1. The van der Waals surface area contributed by atoms with Crippen molar-refractivity contribution < 1.29 is 22.7 Å². The molecule has 0 unspecified atom stereocenters. The van der Waals surface area contributed by atoms with Gasteiger partial charge < -0.3 is 10.1 Å². The molecule has 2 aromatic carbocycles. The Morgan fingerprint density at radius 1 is 1.19 bits per heavy atom. The smallest absolute Gasteiger partial charge is 0.416 e. The van der Waals surface area contributed by atoms with Crippen molar-refractivity contribution in [3.63, 3.8) is 0 Å². The number of hydrogen-bond donors (Lipinski definition) is 1. The minimum Gasteiger partial charge on any atom is -0.489 e. The summed E-state index contributed by atoms with van der Waals surface area (Å²) in [5, 5.41) is 10.8. The van der Waals surface area contributed by atoms with Gasteiger partial charge in [-0.2, -0.15) is 18.3 Å². The van der Waals surface area contributed by atoms with E-state index >= 15 is 0 Å². The van der Waals surface area contributed by atoms with Crippen LogP contribution >= 0.6 is 11.8 Å². The maximum atomic E-state index is 12.7. The lowest BCUT2D eigenvalue weighted by molar-refractivity contribution is -0.137. The fraction of sp³-hybridized carbons (Fsp3) is 0.167. The van der Waals surface area contributed by atoms with Crippen LogP contribution in [0.1, 0.15) is 16.7 Å². The minimum atomic E-state index is -4.37. The zero-order chi connectivity index (χ0) is 19.3. The molecule has 0 saturated carbocycles. The topological polar surface area (TPSA) is 63.0 Å². The first-order chi connectivity index (χ1) is 12.9. The van der Waals surface area contributed by atoms with Gasteiger partial charge in [0.2, 0.25) is 5.91 Å². The van der Waals surface area contributed by atoms with Crippen molar-refractivity contribution in [2.45, 2.75) is 12.8 Å². The largest absolute Gasteiger partial charge is 0.489 e. The Hall–Kier alpha value is -2.81. The zero-order valence-electron chi connectivity index (χ0n) is 13.9. The second-order valence-electron chi connectivity index (χ2n) is 5.54. The van der Waals surface area contributed by atoms with E-state index in [1.165, 1.54) is 24.0 Å². The molecule has 3 rings (SSSR count). The number of amides is 1. The Morgan fingerprint density at radius 2 is 1.96 bits per heavy atom. The molecule has 0 atom stereocenters. The zero-order valence-corrected chi connectivity index (χ0v) is 14.7. The third-order valence-corrected chi connectivity index (χ3v) is 4.35. The molecule has 0 aliphatic carbocycles. The van der Waals surface area contributed by atoms with Gasteiger partial charge in [0, 0.05) is 0 Å². The monoisotopic (exact) mass is 393 g/mol. The standard InChI is InChI=1S/C18H14F3N3O2S/c19-18(20,21)14-3-1-2-13(8-14)10-26-15-6-4-12(5-7-15)9-22-24-17-23-16(25)11-27-17/h1-9H,10-11H2,(H,23,24,25). The van der Waals surface area contributed by atoms with Crippen molar-refractivity contribution in [3.8, 4) is 5.75 Å². The van der Waals surface area contributed by atoms with E-state index in [1.807, 2.05) is 0 Å². The fourth-order valence-electron chi connectivity index (χ4n) is 2.18. The Kier molecular flexibility index (Phi) is 5.80. The van der Waals surface area contributed by atoms with Crippen molar-refractivity contribution in [2.75, 3.05) is 5.75 Å². The molecule has 0 spiro atoms. The van der Waals surface area contributed by atoms with Crippen LogP contribution in [0.15, 0.2) is 58.7 Å². The Balaban J connectivity index is 1.56. The van der Waals surface area contributed by atoms with Gasteiger partial charge in [0.05, 0.1) is 17.5 Å². The average Bonchev–Trinajstić information content (AvgIpc) is 3.06. The number of rotatable bonds is 5. The molecule has 1 amide bonds. The number of amidine groups is 1. The molecule has 1 N–H and O–H groups in total. The lowest BCUT2D eigenvalue weighted by atomic mass is 10.1. The van der Waals surface area contributed by atoms with Crippen LogP contribution in [-0.4, -0.2) is 23.0 Å². The molecule has 1 fully saturated rings. The minimum absolute atomic E-state index is 0.0297. The van der Waals surface area contributed by atoms with Crippen LogP contribution in [0.5, 0.6) is 5.75 Å². The second-order valence-corrected chi connectivity index (χ2v) is 6.51. The SMILES string of the molecule is O=C1CSC(=NN=Cc2ccc(OCc3cccc(C(F)(F)F)c3)cc2)N1. The van der Waals surface area contributed by atoms with Gasteiger partial charge in [-0.15, -0.1) is 5.10 Å². The predicted molar refractivity (Wildman–Crippen MR) is 97.8 cm³/mol. The Morgan fingerprint density at radius 3 is 2.63 bits per heavy atom.